The van der Waals surface area contributed by atoms with Crippen molar-refractivity contribution in [1.82, 2.24) is 9.55 Å². The van der Waals surface area contributed by atoms with Crippen molar-refractivity contribution in [3.05, 3.63) is 12.0 Å². The van der Waals surface area contributed by atoms with E-state index in [1.54, 1.807) is 6.33 Å². The number of imidazole rings is 1. The molecule has 0 saturated carbocycles. The minimum Gasteiger partial charge on any atom is -0.361 e. The number of hydrogen-bond donors (Lipinski definition) is 1. The van der Waals surface area contributed by atoms with E-state index in [2.05, 4.69) is 34.9 Å². The largest absolute Gasteiger partial charge is 0.361 e. The van der Waals surface area contributed by atoms with Crippen LogP contribution in [0, 0.1) is 0 Å². The molecule has 100 valence electrons. The molecule has 0 aromatic carbocycles. The fourth-order valence-electron chi connectivity index (χ4n) is 1.63. The molecule has 0 bridgehead atoms. The summed E-state index contributed by atoms with van der Waals surface area (Å²) in [4.78, 5) is 8.38. The first-order valence-corrected chi connectivity index (χ1v) is 10.1. The Bertz CT molecular complexity index is 452. The zero-order valence-corrected chi connectivity index (χ0v) is 12.8. The summed E-state index contributed by atoms with van der Waals surface area (Å²) >= 11 is 6.08. The molecule has 1 aromatic heterocycles. The molecule has 0 spiro atoms. The van der Waals surface area contributed by atoms with E-state index >= 15 is 0 Å². The van der Waals surface area contributed by atoms with E-state index in [-0.39, 0.29) is 0 Å². The predicted octanol–water partition coefficient (Wildman–Crippen LogP) is 2.56. The third kappa shape index (κ3) is 3.34. The van der Waals surface area contributed by atoms with Crippen molar-refractivity contribution in [3.8, 4) is 0 Å². The van der Waals surface area contributed by atoms with E-state index in [0.29, 0.717) is 18.6 Å². The molecule has 7 heteroatoms. The van der Waals surface area contributed by atoms with Gasteiger partial charge in [-0.25, -0.2) is 9.98 Å². The summed E-state index contributed by atoms with van der Waals surface area (Å²) in [6.07, 6.45) is 1.73. The van der Waals surface area contributed by atoms with Crippen molar-refractivity contribution in [2.24, 2.45) is 4.99 Å². The second-order valence-electron chi connectivity index (χ2n) is 5.54. The van der Waals surface area contributed by atoms with Gasteiger partial charge in [0.2, 0.25) is 0 Å². The Morgan fingerprint density at radius 1 is 1.50 bits per heavy atom. The molecule has 1 N–H and O–H groups in total. The summed E-state index contributed by atoms with van der Waals surface area (Å²) < 4.78 is 7.57. The molecule has 0 radical (unpaired) electrons. The van der Waals surface area contributed by atoms with E-state index in [0.717, 1.165) is 24.2 Å². The number of aliphatic imine (C=N–C) groups is 1. The van der Waals surface area contributed by atoms with Crippen LogP contribution in [0.3, 0.4) is 0 Å². The number of nitrogens with zero attached hydrogens (tertiary/aromatic N) is 3. The van der Waals surface area contributed by atoms with Gasteiger partial charge >= 0.3 is 0 Å². The minimum atomic E-state index is -1.03. The molecule has 2 heterocycles. The maximum atomic E-state index is 6.08. The van der Waals surface area contributed by atoms with Gasteiger partial charge in [0, 0.05) is 14.7 Å². The Morgan fingerprint density at radius 3 is 3.00 bits per heavy atom. The summed E-state index contributed by atoms with van der Waals surface area (Å²) in [7, 11) is -1.03. The van der Waals surface area contributed by atoms with E-state index in [1.165, 1.54) is 0 Å². The Labute approximate surface area is 113 Å². The normalized spacial score (nSPS) is 15.0. The number of anilines is 1. The third-order valence-electron chi connectivity index (χ3n) is 2.72. The lowest BCUT2D eigenvalue weighted by molar-refractivity contribution is 0.0869. The molecule has 0 amide bonds. The first-order chi connectivity index (χ1) is 8.47. The molecule has 18 heavy (non-hydrogen) atoms. The summed E-state index contributed by atoms with van der Waals surface area (Å²) in [5.74, 6) is 0.781. The van der Waals surface area contributed by atoms with Gasteiger partial charge in [-0.2, -0.15) is 0 Å². The van der Waals surface area contributed by atoms with Gasteiger partial charge in [-0.1, -0.05) is 31.2 Å². The number of rotatable bonds is 5. The van der Waals surface area contributed by atoms with Gasteiger partial charge in [0.05, 0.1) is 6.33 Å². The molecule has 1 aliphatic rings. The Balaban J connectivity index is 1.92. The van der Waals surface area contributed by atoms with Gasteiger partial charge in [-0.15, -0.1) is 0 Å². The average molecular weight is 287 g/mol. The zero-order chi connectivity index (χ0) is 13.2. The Morgan fingerprint density at radius 2 is 2.28 bits per heavy atom. The first kappa shape index (κ1) is 13.6. The van der Waals surface area contributed by atoms with Crippen molar-refractivity contribution in [2.75, 3.05) is 18.6 Å². The predicted molar refractivity (Wildman–Crippen MR) is 77.2 cm³/mol. The number of ether oxygens (including phenoxy) is 1. The fraction of sp³-hybridized carbons (Fsp3) is 0.636. The highest BCUT2D eigenvalue weighted by atomic mass is 35.5. The van der Waals surface area contributed by atoms with Gasteiger partial charge in [-0.05, 0) is 6.04 Å². The monoisotopic (exact) mass is 286 g/mol. The molecule has 5 nitrogen and oxygen atoms in total. The fourth-order valence-corrected chi connectivity index (χ4v) is 2.64. The van der Waals surface area contributed by atoms with Crippen LogP contribution in [0.5, 0.6) is 0 Å². The highest BCUT2D eigenvalue weighted by molar-refractivity contribution is 6.76. The van der Waals surface area contributed by atoms with Crippen LogP contribution in [0.4, 0.5) is 5.82 Å². The quantitative estimate of drug-likeness (QED) is 0.668. The van der Waals surface area contributed by atoms with Crippen molar-refractivity contribution < 1.29 is 4.74 Å². The van der Waals surface area contributed by atoms with Gasteiger partial charge in [0.25, 0.3) is 0 Å². The van der Waals surface area contributed by atoms with Crippen LogP contribution in [0.1, 0.15) is 5.69 Å². The molecule has 0 unspecified atom stereocenters. The average Bonchev–Trinajstić information content (AvgIpc) is 2.68. The Hall–Kier alpha value is -0.853. The lowest BCUT2D eigenvalue weighted by atomic mass is 10.4. The lowest BCUT2D eigenvalue weighted by Crippen LogP contribution is -2.22. The minimum absolute atomic E-state index is 0.472. The molecule has 0 fully saturated rings. The SMILES string of the molecule is C[Si](C)(C)CCOCn1cnc2c1C(Cl)=NCN2. The highest BCUT2D eigenvalue weighted by Gasteiger charge is 2.18. The van der Waals surface area contributed by atoms with Crippen LogP contribution >= 0.6 is 11.6 Å². The van der Waals surface area contributed by atoms with Crippen LogP contribution < -0.4 is 5.32 Å². The van der Waals surface area contributed by atoms with Crippen LogP contribution in [-0.4, -0.2) is 36.1 Å². The molecule has 1 aromatic rings. The molecular weight excluding hydrogens is 268 g/mol. The maximum Gasteiger partial charge on any atom is 0.156 e. The van der Waals surface area contributed by atoms with Gasteiger partial charge < -0.3 is 14.6 Å². The molecular formula is C11H19ClN4OSi. The van der Waals surface area contributed by atoms with Gasteiger partial charge in [0.15, 0.2) is 11.0 Å². The molecule has 0 atom stereocenters. The van der Waals surface area contributed by atoms with Gasteiger partial charge in [0.1, 0.15) is 19.1 Å². The first-order valence-electron chi connectivity index (χ1n) is 6.04. The van der Waals surface area contributed by atoms with Crippen molar-refractivity contribution in [2.45, 2.75) is 32.4 Å². The third-order valence-corrected chi connectivity index (χ3v) is 4.73. The lowest BCUT2D eigenvalue weighted by Gasteiger charge is -2.16. The van der Waals surface area contributed by atoms with Crippen molar-refractivity contribution in [3.63, 3.8) is 0 Å². The smallest absolute Gasteiger partial charge is 0.156 e. The summed E-state index contributed by atoms with van der Waals surface area (Å²) in [5.41, 5.74) is 0.816. The standard InChI is InChI=1S/C11H19ClN4OSi/c1-18(2,3)5-4-17-8-16-7-15-11-9(16)10(12)13-6-14-11/h7,14H,4-6,8H2,1-3H3. The summed E-state index contributed by atoms with van der Waals surface area (Å²) in [6, 6.07) is 1.16. The number of nitrogens with one attached hydrogen (secondary N) is 1. The van der Waals surface area contributed by atoms with E-state index in [9.17, 15) is 0 Å². The number of hydrogen-bond acceptors (Lipinski definition) is 4. The maximum absolute atomic E-state index is 6.08. The zero-order valence-electron chi connectivity index (χ0n) is 11.0. The summed E-state index contributed by atoms with van der Waals surface area (Å²) in [6.45, 7) is 8.75. The second kappa shape index (κ2) is 5.42. The molecule has 2 rings (SSSR count). The topological polar surface area (TPSA) is 51.4 Å². The van der Waals surface area contributed by atoms with Crippen LogP contribution in [0.25, 0.3) is 0 Å². The van der Waals surface area contributed by atoms with Crippen molar-refractivity contribution >= 4 is 30.7 Å². The Kier molecular flexibility index (Phi) is 4.09. The molecule has 0 saturated heterocycles. The van der Waals surface area contributed by atoms with Gasteiger partial charge in [-0.3, -0.25) is 0 Å². The number of fused-ring (bicyclic) bond motifs is 1. The van der Waals surface area contributed by atoms with E-state index < -0.39 is 8.07 Å². The van der Waals surface area contributed by atoms with E-state index in [1.807, 2.05) is 4.57 Å². The van der Waals surface area contributed by atoms with Crippen LogP contribution in [-0.2, 0) is 11.5 Å². The highest BCUT2D eigenvalue weighted by Crippen LogP contribution is 2.20. The second-order valence-corrected chi connectivity index (χ2v) is 11.5. The van der Waals surface area contributed by atoms with Crippen molar-refractivity contribution in [1.29, 1.82) is 0 Å². The van der Waals surface area contributed by atoms with Crippen LogP contribution in [0.2, 0.25) is 25.7 Å². The molecule has 1 aliphatic heterocycles. The molecule has 0 aliphatic carbocycles. The number of halogens is 1. The number of aromatic nitrogens is 2. The van der Waals surface area contributed by atoms with E-state index in [4.69, 9.17) is 16.3 Å². The summed E-state index contributed by atoms with van der Waals surface area (Å²) in [5, 5.41) is 3.57. The van der Waals surface area contributed by atoms with Crippen LogP contribution in [0.15, 0.2) is 11.3 Å².